The number of hydrogen-bond donors (Lipinski definition) is 1. The maximum Gasteiger partial charge on any atom is 0.247 e. The molecule has 1 heterocycles. The van der Waals surface area contributed by atoms with Crippen molar-refractivity contribution in [3.63, 3.8) is 0 Å². The highest BCUT2D eigenvalue weighted by Crippen LogP contribution is 2.52. The topological polar surface area (TPSA) is 67.9 Å². The molecule has 6 nitrogen and oxygen atoms in total. The van der Waals surface area contributed by atoms with Gasteiger partial charge in [0.25, 0.3) is 0 Å². The van der Waals surface area contributed by atoms with Gasteiger partial charge in [0, 0.05) is 32.7 Å². The molecule has 3 unspecified atom stereocenters. The van der Waals surface area contributed by atoms with Crippen LogP contribution in [0.15, 0.2) is 0 Å². The van der Waals surface area contributed by atoms with Crippen LogP contribution < -0.4 is 5.32 Å². The van der Waals surface area contributed by atoms with Gasteiger partial charge in [0.15, 0.2) is 0 Å². The predicted molar refractivity (Wildman–Crippen MR) is 122 cm³/mol. The highest BCUT2D eigenvalue weighted by molar-refractivity contribution is 5.88. The largest absolute Gasteiger partial charge is 0.384 e. The van der Waals surface area contributed by atoms with Crippen LogP contribution >= 0.6 is 0 Å². The number of piperidine rings is 1. The molecular formula is C25H44N2O4. The summed E-state index contributed by atoms with van der Waals surface area (Å²) in [4.78, 5) is 27.8. The van der Waals surface area contributed by atoms with E-state index < -0.39 is 6.04 Å². The molecule has 3 rings (SSSR count). The molecule has 3 aliphatic rings. The molecule has 178 valence electrons. The van der Waals surface area contributed by atoms with Gasteiger partial charge in [-0.15, -0.1) is 0 Å². The van der Waals surface area contributed by atoms with Crippen molar-refractivity contribution in [1.29, 1.82) is 0 Å². The van der Waals surface area contributed by atoms with Crippen molar-refractivity contribution in [2.24, 2.45) is 23.2 Å². The highest BCUT2D eigenvalue weighted by atomic mass is 16.5. The Balaban J connectivity index is 1.56. The summed E-state index contributed by atoms with van der Waals surface area (Å²) in [6, 6.07) is -0.627. The van der Waals surface area contributed by atoms with Crippen LogP contribution in [0, 0.1) is 23.2 Å². The van der Waals surface area contributed by atoms with Gasteiger partial charge in [-0.1, -0.05) is 20.3 Å². The normalized spacial score (nSPS) is 25.8. The lowest BCUT2D eigenvalue weighted by Gasteiger charge is -2.47. The zero-order valence-corrected chi connectivity index (χ0v) is 20.2. The zero-order chi connectivity index (χ0) is 22.4. The van der Waals surface area contributed by atoms with Crippen LogP contribution in [0.5, 0.6) is 0 Å². The number of nitrogens with one attached hydrogen (secondary N) is 1. The van der Waals surface area contributed by atoms with Crippen LogP contribution in [-0.4, -0.2) is 62.3 Å². The average molecular weight is 437 g/mol. The first-order valence-corrected chi connectivity index (χ1v) is 12.5. The quantitative estimate of drug-likeness (QED) is 0.597. The number of rotatable bonds is 9. The summed E-state index contributed by atoms with van der Waals surface area (Å²) in [5, 5.41) is 2.99. The minimum Gasteiger partial charge on any atom is -0.384 e. The second-order valence-corrected chi connectivity index (χ2v) is 10.7. The Hall–Kier alpha value is -1.14. The van der Waals surface area contributed by atoms with Crippen LogP contribution in [0.2, 0.25) is 0 Å². The summed E-state index contributed by atoms with van der Waals surface area (Å²) < 4.78 is 11.6. The lowest BCUT2D eigenvalue weighted by molar-refractivity contribution is -0.143. The minimum absolute atomic E-state index is 0.0145. The van der Waals surface area contributed by atoms with Gasteiger partial charge in [-0.3, -0.25) is 9.59 Å². The lowest BCUT2D eigenvalue weighted by Crippen LogP contribution is -2.57. The van der Waals surface area contributed by atoms with E-state index in [1.54, 1.807) is 7.11 Å². The van der Waals surface area contributed by atoms with Crippen molar-refractivity contribution in [1.82, 2.24) is 10.2 Å². The number of ether oxygens (including phenoxy) is 2. The van der Waals surface area contributed by atoms with E-state index in [2.05, 4.69) is 5.32 Å². The second-order valence-electron chi connectivity index (χ2n) is 10.7. The summed E-state index contributed by atoms with van der Waals surface area (Å²) in [5.74, 6) is 0.665. The third kappa shape index (κ3) is 6.44. The van der Waals surface area contributed by atoms with Crippen molar-refractivity contribution in [2.45, 2.75) is 90.7 Å². The van der Waals surface area contributed by atoms with Crippen molar-refractivity contribution in [2.75, 3.05) is 33.4 Å². The molecule has 3 fully saturated rings. The lowest BCUT2D eigenvalue weighted by atomic mass is 9.59. The molecule has 1 N–H and O–H groups in total. The van der Waals surface area contributed by atoms with E-state index in [4.69, 9.17) is 9.47 Å². The Bertz CT molecular complexity index is 592. The fourth-order valence-electron chi connectivity index (χ4n) is 5.55. The second kappa shape index (κ2) is 11.1. The van der Waals surface area contributed by atoms with Gasteiger partial charge in [0.1, 0.15) is 6.04 Å². The van der Waals surface area contributed by atoms with Gasteiger partial charge in [-0.2, -0.15) is 0 Å². The molecule has 2 amide bonds. The molecule has 0 radical (unpaired) electrons. The van der Waals surface area contributed by atoms with Crippen LogP contribution in [0.25, 0.3) is 0 Å². The molecule has 1 aliphatic heterocycles. The van der Waals surface area contributed by atoms with Gasteiger partial charge in [0.2, 0.25) is 11.8 Å². The standard InChI is InChI=1S/C25H44N2O4/c1-18(2)23(28)26-22(24(29)27-14-5-7-21(15-27)16-30-4)19(3)31-17-20-8-12-25(13-9-20)10-6-11-25/h18-22H,5-17H2,1-4H3,(H,26,28). The first-order chi connectivity index (χ1) is 14.8. The van der Waals surface area contributed by atoms with Crippen molar-refractivity contribution in [3.05, 3.63) is 0 Å². The third-order valence-electron chi connectivity index (χ3n) is 7.97. The molecule has 0 aromatic rings. The maximum atomic E-state index is 13.4. The van der Waals surface area contributed by atoms with E-state index in [9.17, 15) is 9.59 Å². The van der Waals surface area contributed by atoms with E-state index in [0.717, 1.165) is 19.4 Å². The van der Waals surface area contributed by atoms with E-state index in [-0.39, 0.29) is 23.8 Å². The molecule has 1 spiro atoms. The molecule has 6 heteroatoms. The molecule has 2 aliphatic carbocycles. The average Bonchev–Trinajstić information content (AvgIpc) is 2.74. The summed E-state index contributed by atoms with van der Waals surface area (Å²) in [6.07, 6.45) is 11.1. The van der Waals surface area contributed by atoms with Crippen LogP contribution in [0.3, 0.4) is 0 Å². The van der Waals surface area contributed by atoms with Crippen LogP contribution in [-0.2, 0) is 19.1 Å². The molecular weight excluding hydrogens is 392 g/mol. The fourth-order valence-corrected chi connectivity index (χ4v) is 5.55. The molecule has 31 heavy (non-hydrogen) atoms. The van der Waals surface area contributed by atoms with Crippen LogP contribution in [0.1, 0.15) is 78.6 Å². The fraction of sp³-hybridized carbons (Fsp3) is 0.920. The number of carbonyl (C=O) groups excluding carboxylic acids is 2. The van der Waals surface area contributed by atoms with Gasteiger partial charge in [-0.05, 0) is 75.5 Å². The number of amides is 2. The SMILES string of the molecule is COCC1CCCN(C(=O)C(NC(=O)C(C)C)C(C)OCC2CCC3(CCC3)CC2)C1. The first-order valence-electron chi connectivity index (χ1n) is 12.5. The smallest absolute Gasteiger partial charge is 0.247 e. The molecule has 0 bridgehead atoms. The van der Waals surface area contributed by atoms with E-state index in [1.165, 1.54) is 44.9 Å². The van der Waals surface area contributed by atoms with E-state index in [0.29, 0.717) is 37.0 Å². The molecule has 0 aromatic carbocycles. The van der Waals surface area contributed by atoms with E-state index in [1.807, 2.05) is 25.7 Å². The summed E-state index contributed by atoms with van der Waals surface area (Å²) >= 11 is 0. The Labute approximate surface area is 188 Å². The summed E-state index contributed by atoms with van der Waals surface area (Å²) in [6.45, 7) is 8.44. The van der Waals surface area contributed by atoms with Gasteiger partial charge in [0.05, 0.1) is 12.7 Å². The Morgan fingerprint density at radius 1 is 1.00 bits per heavy atom. The number of carbonyl (C=O) groups is 2. The predicted octanol–water partition coefficient (Wildman–Crippen LogP) is 3.78. The van der Waals surface area contributed by atoms with Gasteiger partial charge in [-0.25, -0.2) is 0 Å². The first kappa shape index (κ1) is 24.5. The minimum atomic E-state index is -0.627. The molecule has 1 saturated heterocycles. The maximum absolute atomic E-state index is 13.4. The van der Waals surface area contributed by atoms with Crippen molar-refractivity contribution >= 4 is 11.8 Å². The zero-order valence-electron chi connectivity index (χ0n) is 20.2. The number of nitrogens with zero attached hydrogens (tertiary/aromatic N) is 1. The Morgan fingerprint density at radius 2 is 1.71 bits per heavy atom. The molecule has 0 aromatic heterocycles. The number of hydrogen-bond acceptors (Lipinski definition) is 4. The molecule has 2 saturated carbocycles. The van der Waals surface area contributed by atoms with Crippen LogP contribution in [0.4, 0.5) is 0 Å². The number of likely N-dealkylation sites (tertiary alicyclic amines) is 1. The van der Waals surface area contributed by atoms with Gasteiger partial charge >= 0.3 is 0 Å². The highest BCUT2D eigenvalue weighted by Gasteiger charge is 2.40. The third-order valence-corrected chi connectivity index (χ3v) is 7.97. The van der Waals surface area contributed by atoms with Crippen molar-refractivity contribution < 1.29 is 19.1 Å². The molecule has 3 atom stereocenters. The monoisotopic (exact) mass is 436 g/mol. The Morgan fingerprint density at radius 3 is 2.29 bits per heavy atom. The van der Waals surface area contributed by atoms with Gasteiger partial charge < -0.3 is 19.7 Å². The van der Waals surface area contributed by atoms with E-state index >= 15 is 0 Å². The summed E-state index contributed by atoms with van der Waals surface area (Å²) in [7, 11) is 1.71. The Kier molecular flexibility index (Phi) is 8.80. The van der Waals surface area contributed by atoms with Crippen molar-refractivity contribution in [3.8, 4) is 0 Å². The summed E-state index contributed by atoms with van der Waals surface area (Å²) in [5.41, 5.74) is 0.652. The number of methoxy groups -OCH3 is 1.